The molecule has 1 aromatic rings. The fraction of sp³-hybridized carbons (Fsp3) is 0.533. The Kier molecular flexibility index (Phi) is 10.6. The van der Waals surface area contributed by atoms with Crippen molar-refractivity contribution in [2.24, 2.45) is 0 Å². The van der Waals surface area contributed by atoms with E-state index in [2.05, 4.69) is 23.7 Å². The summed E-state index contributed by atoms with van der Waals surface area (Å²) >= 11 is 1.82. The molecule has 5 heteroatoms. The van der Waals surface area contributed by atoms with Gasteiger partial charge >= 0.3 is 0 Å². The maximum atomic E-state index is 12.3. The molecule has 1 aromatic carbocycles. The minimum atomic E-state index is -0.137. The largest absolute Gasteiger partial charge is 0.344 e. The van der Waals surface area contributed by atoms with Crippen LogP contribution in [0.3, 0.4) is 0 Å². The number of rotatable bonds is 8. The molecule has 0 fully saturated rings. The predicted molar refractivity (Wildman–Crippen MR) is 90.9 cm³/mol. The van der Waals surface area contributed by atoms with E-state index in [4.69, 9.17) is 0 Å². The van der Waals surface area contributed by atoms with Gasteiger partial charge in [-0.2, -0.15) is 11.8 Å². The number of amides is 1. The molecule has 1 N–H and O–H groups in total. The lowest BCUT2D eigenvalue weighted by molar-refractivity contribution is -0.132. The SMILES string of the molecule is CN[C@@H](Cc1ccccc1)C(=O)N(C)CCCSC.Cl. The van der Waals surface area contributed by atoms with Crippen molar-refractivity contribution < 1.29 is 4.79 Å². The zero-order valence-electron chi connectivity index (χ0n) is 12.5. The third-order valence-electron chi connectivity index (χ3n) is 3.15. The summed E-state index contributed by atoms with van der Waals surface area (Å²) in [6.45, 7) is 0.826. The zero-order chi connectivity index (χ0) is 14.1. The molecule has 1 amide bonds. The van der Waals surface area contributed by atoms with Crippen molar-refractivity contribution in [1.82, 2.24) is 10.2 Å². The second kappa shape index (κ2) is 11.0. The molecule has 0 aliphatic heterocycles. The van der Waals surface area contributed by atoms with Gasteiger partial charge in [0.05, 0.1) is 6.04 Å². The van der Waals surface area contributed by atoms with Gasteiger partial charge in [-0.25, -0.2) is 0 Å². The highest BCUT2D eigenvalue weighted by molar-refractivity contribution is 7.98. The van der Waals surface area contributed by atoms with Crippen LogP contribution >= 0.6 is 24.2 Å². The molecule has 0 aliphatic rings. The first kappa shape index (κ1) is 19.3. The number of carbonyl (C=O) groups is 1. The van der Waals surface area contributed by atoms with Gasteiger partial charge in [0.15, 0.2) is 0 Å². The Labute approximate surface area is 132 Å². The third kappa shape index (κ3) is 6.64. The average molecular weight is 317 g/mol. The molecule has 0 bridgehead atoms. The van der Waals surface area contributed by atoms with E-state index in [-0.39, 0.29) is 24.4 Å². The number of hydrogen-bond acceptors (Lipinski definition) is 3. The molecule has 0 spiro atoms. The summed E-state index contributed by atoms with van der Waals surface area (Å²) < 4.78 is 0. The van der Waals surface area contributed by atoms with E-state index < -0.39 is 0 Å². The minimum absolute atomic E-state index is 0. The number of nitrogens with one attached hydrogen (secondary N) is 1. The van der Waals surface area contributed by atoms with Crippen LogP contribution in [0.15, 0.2) is 30.3 Å². The Morgan fingerprint density at radius 2 is 2.00 bits per heavy atom. The van der Waals surface area contributed by atoms with Crippen LogP contribution in [0.1, 0.15) is 12.0 Å². The van der Waals surface area contributed by atoms with Crippen LogP contribution in [-0.2, 0) is 11.2 Å². The lowest BCUT2D eigenvalue weighted by Gasteiger charge is -2.23. The number of nitrogens with zero attached hydrogens (tertiary/aromatic N) is 1. The summed E-state index contributed by atoms with van der Waals surface area (Å²) in [5, 5.41) is 3.13. The van der Waals surface area contributed by atoms with Crippen LogP contribution in [0, 0.1) is 0 Å². The van der Waals surface area contributed by atoms with Gasteiger partial charge in [-0.1, -0.05) is 30.3 Å². The lowest BCUT2D eigenvalue weighted by atomic mass is 10.1. The van der Waals surface area contributed by atoms with Gasteiger partial charge in [0.25, 0.3) is 0 Å². The Balaban J connectivity index is 0.00000361. The summed E-state index contributed by atoms with van der Waals surface area (Å²) in [6.07, 6.45) is 3.88. The van der Waals surface area contributed by atoms with E-state index in [1.54, 1.807) is 0 Å². The monoisotopic (exact) mass is 316 g/mol. The molecule has 0 aliphatic carbocycles. The van der Waals surface area contributed by atoms with Gasteiger partial charge in [-0.05, 0) is 37.5 Å². The summed E-state index contributed by atoms with van der Waals surface area (Å²) in [6, 6.07) is 10.00. The molecule has 0 radical (unpaired) electrons. The summed E-state index contributed by atoms with van der Waals surface area (Å²) in [4.78, 5) is 14.2. The van der Waals surface area contributed by atoms with Gasteiger partial charge in [-0.3, -0.25) is 4.79 Å². The first-order chi connectivity index (χ1) is 9.19. The number of likely N-dealkylation sites (N-methyl/N-ethyl adjacent to an activating group) is 2. The third-order valence-corrected chi connectivity index (χ3v) is 3.84. The van der Waals surface area contributed by atoms with Crippen molar-refractivity contribution in [2.45, 2.75) is 18.9 Å². The molecule has 1 atom stereocenters. The maximum absolute atomic E-state index is 12.3. The first-order valence-corrected chi connectivity index (χ1v) is 8.03. The Hall–Kier alpha value is -0.710. The smallest absolute Gasteiger partial charge is 0.239 e. The summed E-state index contributed by atoms with van der Waals surface area (Å²) in [5.41, 5.74) is 1.19. The van der Waals surface area contributed by atoms with Crippen molar-refractivity contribution in [3.05, 3.63) is 35.9 Å². The number of hydrogen-bond donors (Lipinski definition) is 1. The molecule has 3 nitrogen and oxygen atoms in total. The fourth-order valence-electron chi connectivity index (χ4n) is 1.98. The van der Waals surface area contributed by atoms with Gasteiger partial charge in [-0.15, -0.1) is 12.4 Å². The summed E-state index contributed by atoms with van der Waals surface area (Å²) in [5.74, 6) is 1.27. The highest BCUT2D eigenvalue weighted by atomic mass is 35.5. The lowest BCUT2D eigenvalue weighted by Crippen LogP contribution is -2.45. The van der Waals surface area contributed by atoms with Crippen molar-refractivity contribution in [2.75, 3.05) is 32.6 Å². The van der Waals surface area contributed by atoms with Crippen molar-refractivity contribution in [3.8, 4) is 0 Å². The predicted octanol–water partition coefficient (Wildman–Crippen LogP) is 2.45. The molecule has 1 rings (SSSR count). The Bertz CT molecular complexity index is 375. The number of carbonyl (C=O) groups excluding carboxylic acids is 1. The minimum Gasteiger partial charge on any atom is -0.344 e. The molecule has 0 heterocycles. The topological polar surface area (TPSA) is 32.3 Å². The molecule has 0 unspecified atom stereocenters. The molecular weight excluding hydrogens is 292 g/mol. The maximum Gasteiger partial charge on any atom is 0.239 e. The average Bonchev–Trinajstić information content (AvgIpc) is 2.45. The first-order valence-electron chi connectivity index (χ1n) is 6.64. The van der Waals surface area contributed by atoms with E-state index >= 15 is 0 Å². The van der Waals surface area contributed by atoms with Gasteiger partial charge < -0.3 is 10.2 Å². The van der Waals surface area contributed by atoms with E-state index in [0.29, 0.717) is 0 Å². The quantitative estimate of drug-likeness (QED) is 0.748. The normalized spacial score (nSPS) is 11.6. The van der Waals surface area contributed by atoms with Gasteiger partial charge in [0, 0.05) is 13.6 Å². The molecule has 0 saturated heterocycles. The molecular formula is C15H25ClN2OS. The Morgan fingerprint density at radius 3 is 2.55 bits per heavy atom. The molecule has 0 aromatic heterocycles. The number of thioether (sulfide) groups is 1. The van der Waals surface area contributed by atoms with E-state index in [0.717, 1.165) is 25.1 Å². The van der Waals surface area contributed by atoms with E-state index in [1.807, 2.05) is 49.0 Å². The number of halogens is 1. The highest BCUT2D eigenvalue weighted by Crippen LogP contribution is 2.06. The zero-order valence-corrected chi connectivity index (χ0v) is 14.1. The second-order valence-electron chi connectivity index (χ2n) is 4.64. The Morgan fingerprint density at radius 1 is 1.35 bits per heavy atom. The van der Waals surface area contributed by atoms with Crippen LogP contribution < -0.4 is 5.32 Å². The highest BCUT2D eigenvalue weighted by Gasteiger charge is 2.20. The molecule has 20 heavy (non-hydrogen) atoms. The van der Waals surface area contributed by atoms with Crippen molar-refractivity contribution >= 4 is 30.1 Å². The van der Waals surface area contributed by atoms with Crippen LogP contribution in [0.25, 0.3) is 0 Å². The van der Waals surface area contributed by atoms with Crippen molar-refractivity contribution in [3.63, 3.8) is 0 Å². The summed E-state index contributed by atoms with van der Waals surface area (Å²) in [7, 11) is 3.74. The van der Waals surface area contributed by atoms with E-state index in [1.165, 1.54) is 5.56 Å². The van der Waals surface area contributed by atoms with E-state index in [9.17, 15) is 4.79 Å². The second-order valence-corrected chi connectivity index (χ2v) is 5.62. The van der Waals surface area contributed by atoms with Crippen LogP contribution in [0.2, 0.25) is 0 Å². The fourth-order valence-corrected chi connectivity index (χ4v) is 2.40. The molecule has 0 saturated carbocycles. The van der Waals surface area contributed by atoms with Crippen LogP contribution in [0.4, 0.5) is 0 Å². The number of benzene rings is 1. The molecule has 114 valence electrons. The van der Waals surface area contributed by atoms with Crippen LogP contribution in [-0.4, -0.2) is 49.5 Å². The van der Waals surface area contributed by atoms with Crippen molar-refractivity contribution in [1.29, 1.82) is 0 Å². The van der Waals surface area contributed by atoms with Gasteiger partial charge in [0.1, 0.15) is 0 Å². The van der Waals surface area contributed by atoms with Gasteiger partial charge in [0.2, 0.25) is 5.91 Å². The van der Waals surface area contributed by atoms with Crippen LogP contribution in [0.5, 0.6) is 0 Å². The standard InChI is InChI=1S/C15H24N2OS.ClH/c1-16-14(12-13-8-5-4-6-9-13)15(18)17(2)10-7-11-19-3;/h4-6,8-9,14,16H,7,10-12H2,1-3H3;1H/t14-;/m0./s1.